The van der Waals surface area contributed by atoms with Crippen LogP contribution in [0.5, 0.6) is 0 Å². The fourth-order valence-electron chi connectivity index (χ4n) is 1.11. The zero-order valence-electron chi connectivity index (χ0n) is 8.47. The number of rotatable bonds is 7. The van der Waals surface area contributed by atoms with Gasteiger partial charge in [0.1, 0.15) is 0 Å². The van der Waals surface area contributed by atoms with Crippen LogP contribution in [0.3, 0.4) is 0 Å². The van der Waals surface area contributed by atoms with Crippen molar-refractivity contribution in [2.75, 3.05) is 18.1 Å². The zero-order chi connectivity index (χ0) is 9.40. The topological polar surface area (TPSA) is 38.0 Å². The molecule has 0 aromatic heterocycles. The number of nitrogens with one attached hydrogen (secondary N) is 1. The predicted octanol–water partition coefficient (Wildman–Crippen LogP) is 1.45. The Kier molecular flexibility index (Phi) is 8.07. The van der Waals surface area contributed by atoms with Crippen molar-refractivity contribution in [3.8, 4) is 0 Å². The van der Waals surface area contributed by atoms with Crippen molar-refractivity contribution >= 4 is 11.8 Å². The van der Waals surface area contributed by atoms with E-state index in [0.717, 1.165) is 6.54 Å². The van der Waals surface area contributed by atoms with Gasteiger partial charge in [0.15, 0.2) is 0 Å². The summed E-state index contributed by atoms with van der Waals surface area (Å²) >= 11 is 1.98. The second-order valence-corrected chi connectivity index (χ2v) is 4.63. The van der Waals surface area contributed by atoms with E-state index in [1.54, 1.807) is 0 Å². The summed E-state index contributed by atoms with van der Waals surface area (Å²) in [5, 5.41) is 3.45. The summed E-state index contributed by atoms with van der Waals surface area (Å²) in [5.74, 6) is 2.43. The Balaban J connectivity index is 3.39. The molecule has 0 aliphatic heterocycles. The van der Waals surface area contributed by atoms with Gasteiger partial charge in [-0.15, -0.1) is 0 Å². The average molecular weight is 190 g/mol. The van der Waals surface area contributed by atoms with Gasteiger partial charge < -0.3 is 11.1 Å². The van der Waals surface area contributed by atoms with E-state index in [1.807, 2.05) is 11.8 Å². The van der Waals surface area contributed by atoms with E-state index >= 15 is 0 Å². The third kappa shape index (κ3) is 6.95. The largest absolute Gasteiger partial charge is 0.329 e. The SMILES string of the molecule is CCSCCC(CN)NC(C)C. The van der Waals surface area contributed by atoms with E-state index in [1.165, 1.54) is 17.9 Å². The smallest absolute Gasteiger partial charge is 0.0200 e. The summed E-state index contributed by atoms with van der Waals surface area (Å²) in [6.07, 6.45) is 1.19. The van der Waals surface area contributed by atoms with E-state index < -0.39 is 0 Å². The number of hydrogen-bond acceptors (Lipinski definition) is 3. The maximum Gasteiger partial charge on any atom is 0.0200 e. The molecule has 0 bridgehead atoms. The minimum atomic E-state index is 0.504. The van der Waals surface area contributed by atoms with Gasteiger partial charge in [-0.25, -0.2) is 0 Å². The van der Waals surface area contributed by atoms with Crippen molar-refractivity contribution < 1.29 is 0 Å². The molecule has 0 saturated carbocycles. The molecule has 0 aliphatic carbocycles. The minimum absolute atomic E-state index is 0.504. The highest BCUT2D eigenvalue weighted by Gasteiger charge is 2.06. The second kappa shape index (κ2) is 7.90. The Morgan fingerprint density at radius 2 is 2.08 bits per heavy atom. The maximum absolute atomic E-state index is 5.63. The highest BCUT2D eigenvalue weighted by molar-refractivity contribution is 7.99. The molecule has 0 fully saturated rings. The highest BCUT2D eigenvalue weighted by atomic mass is 32.2. The van der Waals surface area contributed by atoms with Crippen LogP contribution >= 0.6 is 11.8 Å². The Labute approximate surface area is 80.7 Å². The standard InChI is InChI=1S/C9H22N2S/c1-4-12-6-5-9(7-10)11-8(2)3/h8-9,11H,4-7,10H2,1-3H3. The Morgan fingerprint density at radius 3 is 2.50 bits per heavy atom. The van der Waals surface area contributed by atoms with E-state index in [0.29, 0.717) is 12.1 Å². The van der Waals surface area contributed by atoms with Gasteiger partial charge in [-0.2, -0.15) is 11.8 Å². The van der Waals surface area contributed by atoms with Gasteiger partial charge in [0.2, 0.25) is 0 Å². The van der Waals surface area contributed by atoms with Crippen LogP contribution in [-0.4, -0.2) is 30.1 Å². The van der Waals surface area contributed by atoms with Crippen molar-refractivity contribution in [3.63, 3.8) is 0 Å². The van der Waals surface area contributed by atoms with Crippen LogP contribution in [-0.2, 0) is 0 Å². The molecular formula is C9H22N2S. The monoisotopic (exact) mass is 190 g/mol. The number of nitrogens with two attached hydrogens (primary N) is 1. The predicted molar refractivity (Wildman–Crippen MR) is 58.7 cm³/mol. The van der Waals surface area contributed by atoms with Gasteiger partial charge in [0.05, 0.1) is 0 Å². The molecule has 3 heteroatoms. The molecule has 2 nitrogen and oxygen atoms in total. The van der Waals surface area contributed by atoms with Crippen LogP contribution in [0.25, 0.3) is 0 Å². The van der Waals surface area contributed by atoms with E-state index in [9.17, 15) is 0 Å². The first kappa shape index (κ1) is 12.3. The molecule has 1 unspecified atom stereocenters. The molecule has 1 atom stereocenters. The van der Waals surface area contributed by atoms with Crippen LogP contribution in [0.1, 0.15) is 27.2 Å². The molecule has 0 aromatic rings. The lowest BCUT2D eigenvalue weighted by molar-refractivity contribution is 0.460. The summed E-state index contributed by atoms with van der Waals surface area (Å²) in [5.41, 5.74) is 5.63. The van der Waals surface area contributed by atoms with Crippen LogP contribution in [0.15, 0.2) is 0 Å². The Hall–Kier alpha value is 0.270. The molecule has 0 rings (SSSR count). The molecule has 0 heterocycles. The second-order valence-electron chi connectivity index (χ2n) is 3.24. The lowest BCUT2D eigenvalue weighted by Gasteiger charge is -2.18. The van der Waals surface area contributed by atoms with Crippen LogP contribution in [0, 0.1) is 0 Å². The van der Waals surface area contributed by atoms with Crippen molar-refractivity contribution in [2.45, 2.75) is 39.3 Å². The highest BCUT2D eigenvalue weighted by Crippen LogP contribution is 2.03. The first-order valence-corrected chi connectivity index (χ1v) is 5.90. The quantitative estimate of drug-likeness (QED) is 0.597. The molecule has 12 heavy (non-hydrogen) atoms. The third-order valence-corrected chi connectivity index (χ3v) is 2.60. The van der Waals surface area contributed by atoms with Crippen LogP contribution in [0.2, 0.25) is 0 Å². The summed E-state index contributed by atoms with van der Waals surface area (Å²) in [6.45, 7) is 7.27. The molecule has 0 amide bonds. The fourth-order valence-corrected chi connectivity index (χ4v) is 1.85. The van der Waals surface area contributed by atoms with E-state index in [-0.39, 0.29) is 0 Å². The first-order valence-electron chi connectivity index (χ1n) is 4.74. The maximum atomic E-state index is 5.63. The summed E-state index contributed by atoms with van der Waals surface area (Å²) < 4.78 is 0. The van der Waals surface area contributed by atoms with Crippen molar-refractivity contribution in [3.05, 3.63) is 0 Å². The van der Waals surface area contributed by atoms with Crippen LogP contribution < -0.4 is 11.1 Å². The lowest BCUT2D eigenvalue weighted by Crippen LogP contribution is -2.40. The minimum Gasteiger partial charge on any atom is -0.329 e. The van der Waals surface area contributed by atoms with Gasteiger partial charge in [-0.05, 0) is 17.9 Å². The molecule has 74 valence electrons. The fraction of sp³-hybridized carbons (Fsp3) is 1.00. The lowest BCUT2D eigenvalue weighted by atomic mass is 10.2. The van der Waals surface area contributed by atoms with Crippen molar-refractivity contribution in [2.24, 2.45) is 5.73 Å². The Bertz CT molecular complexity index is 96.5. The van der Waals surface area contributed by atoms with E-state index in [4.69, 9.17) is 5.73 Å². The Morgan fingerprint density at radius 1 is 1.42 bits per heavy atom. The number of hydrogen-bond donors (Lipinski definition) is 2. The first-order chi connectivity index (χ1) is 5.70. The van der Waals surface area contributed by atoms with Gasteiger partial charge in [-0.1, -0.05) is 20.8 Å². The molecular weight excluding hydrogens is 168 g/mol. The van der Waals surface area contributed by atoms with Gasteiger partial charge >= 0.3 is 0 Å². The van der Waals surface area contributed by atoms with E-state index in [2.05, 4.69) is 26.1 Å². The summed E-state index contributed by atoms with van der Waals surface area (Å²) in [6, 6.07) is 1.05. The zero-order valence-corrected chi connectivity index (χ0v) is 9.29. The number of thioether (sulfide) groups is 1. The molecule has 0 aromatic carbocycles. The summed E-state index contributed by atoms with van der Waals surface area (Å²) in [4.78, 5) is 0. The molecule has 0 saturated heterocycles. The molecule has 3 N–H and O–H groups in total. The molecule has 0 aliphatic rings. The van der Waals surface area contributed by atoms with Crippen molar-refractivity contribution in [1.29, 1.82) is 0 Å². The summed E-state index contributed by atoms with van der Waals surface area (Å²) in [7, 11) is 0. The third-order valence-electron chi connectivity index (χ3n) is 1.67. The van der Waals surface area contributed by atoms with Crippen LogP contribution in [0.4, 0.5) is 0 Å². The molecule has 0 radical (unpaired) electrons. The normalized spacial score (nSPS) is 13.8. The van der Waals surface area contributed by atoms with Gasteiger partial charge in [-0.3, -0.25) is 0 Å². The van der Waals surface area contributed by atoms with Gasteiger partial charge in [0.25, 0.3) is 0 Å². The molecule has 0 spiro atoms. The van der Waals surface area contributed by atoms with Crippen molar-refractivity contribution in [1.82, 2.24) is 5.32 Å². The van der Waals surface area contributed by atoms with Gasteiger partial charge in [0, 0.05) is 18.6 Å². The average Bonchev–Trinajstić information content (AvgIpc) is 2.02.